The first-order valence-electron chi connectivity index (χ1n) is 5.09. The molecule has 0 fully saturated rings. The maximum Gasteiger partial charge on any atom is 0.243 e. The van der Waals surface area contributed by atoms with Crippen molar-refractivity contribution in [2.45, 2.75) is 6.54 Å². The lowest BCUT2D eigenvalue weighted by Crippen LogP contribution is -2.22. The molecule has 2 rings (SSSR count). The molecular weight excluding hydrogens is 206 g/mol. The molecular formula is C12H13NO3. The van der Waals surface area contributed by atoms with Gasteiger partial charge >= 0.3 is 0 Å². The van der Waals surface area contributed by atoms with Crippen LogP contribution in [0, 0.1) is 0 Å². The Balaban J connectivity index is 2.14. The van der Waals surface area contributed by atoms with E-state index in [0.717, 1.165) is 17.1 Å². The second-order valence-electron chi connectivity index (χ2n) is 3.36. The average molecular weight is 219 g/mol. The minimum Gasteiger partial charge on any atom is -0.486 e. The number of nitrogens with one attached hydrogen (secondary N) is 1. The minimum atomic E-state index is -0.200. The number of fused-ring (bicyclic) bond motifs is 1. The van der Waals surface area contributed by atoms with Gasteiger partial charge in [0.2, 0.25) is 5.91 Å². The summed E-state index contributed by atoms with van der Waals surface area (Å²) in [6.07, 6.45) is 1.24. The quantitative estimate of drug-likeness (QED) is 0.778. The number of benzene rings is 1. The number of para-hydroxylation sites is 1. The van der Waals surface area contributed by atoms with E-state index in [2.05, 4.69) is 11.9 Å². The summed E-state index contributed by atoms with van der Waals surface area (Å²) < 4.78 is 11.0. The van der Waals surface area contributed by atoms with E-state index >= 15 is 0 Å². The standard InChI is InChI=1S/C12H13NO3/c1-2-11(14)13-8-9-4-3-5-10-12(9)16-7-6-15-10/h2-5H,1,6-8H2,(H,13,14). The molecule has 4 nitrogen and oxygen atoms in total. The van der Waals surface area contributed by atoms with Crippen molar-refractivity contribution in [3.05, 3.63) is 36.4 Å². The topological polar surface area (TPSA) is 47.6 Å². The highest BCUT2D eigenvalue weighted by atomic mass is 16.6. The highest BCUT2D eigenvalue weighted by Gasteiger charge is 2.15. The first kappa shape index (κ1) is 10.5. The molecule has 16 heavy (non-hydrogen) atoms. The lowest BCUT2D eigenvalue weighted by atomic mass is 10.1. The molecule has 1 aromatic rings. The van der Waals surface area contributed by atoms with E-state index < -0.39 is 0 Å². The summed E-state index contributed by atoms with van der Waals surface area (Å²) in [7, 11) is 0. The minimum absolute atomic E-state index is 0.200. The fraction of sp³-hybridized carbons (Fsp3) is 0.250. The Hall–Kier alpha value is -1.97. The largest absolute Gasteiger partial charge is 0.486 e. The Morgan fingerprint density at radius 3 is 3.06 bits per heavy atom. The van der Waals surface area contributed by atoms with E-state index in [1.165, 1.54) is 6.08 Å². The summed E-state index contributed by atoms with van der Waals surface area (Å²) in [6, 6.07) is 5.63. The SMILES string of the molecule is C=CC(=O)NCc1cccc2c1OCCO2. The van der Waals surface area contributed by atoms with Gasteiger partial charge in [-0.3, -0.25) is 4.79 Å². The molecule has 0 unspecified atom stereocenters. The molecule has 0 atom stereocenters. The third kappa shape index (κ3) is 2.16. The van der Waals surface area contributed by atoms with Crippen LogP contribution >= 0.6 is 0 Å². The van der Waals surface area contributed by atoms with Crippen LogP contribution in [0.3, 0.4) is 0 Å². The van der Waals surface area contributed by atoms with Gasteiger partial charge in [-0.15, -0.1) is 0 Å². The van der Waals surface area contributed by atoms with E-state index in [9.17, 15) is 4.79 Å². The lowest BCUT2D eigenvalue weighted by Gasteiger charge is -2.20. The van der Waals surface area contributed by atoms with Crippen LogP contribution in [0.5, 0.6) is 11.5 Å². The average Bonchev–Trinajstić information content (AvgIpc) is 2.35. The number of carbonyl (C=O) groups excluding carboxylic acids is 1. The van der Waals surface area contributed by atoms with Crippen LogP contribution in [0.1, 0.15) is 5.56 Å². The molecule has 0 aromatic heterocycles. The Kier molecular flexibility index (Phi) is 3.10. The van der Waals surface area contributed by atoms with Crippen molar-refractivity contribution in [2.24, 2.45) is 0 Å². The maximum absolute atomic E-state index is 11.1. The summed E-state index contributed by atoms with van der Waals surface area (Å²) in [5.41, 5.74) is 0.910. The maximum atomic E-state index is 11.1. The number of hydrogen-bond donors (Lipinski definition) is 1. The van der Waals surface area contributed by atoms with E-state index in [4.69, 9.17) is 9.47 Å². The number of rotatable bonds is 3. The van der Waals surface area contributed by atoms with Crippen LogP contribution in [0.4, 0.5) is 0 Å². The monoisotopic (exact) mass is 219 g/mol. The second kappa shape index (κ2) is 4.70. The molecule has 0 bridgehead atoms. The van der Waals surface area contributed by atoms with E-state index in [-0.39, 0.29) is 5.91 Å². The van der Waals surface area contributed by atoms with Crippen LogP contribution in [-0.2, 0) is 11.3 Å². The van der Waals surface area contributed by atoms with Gasteiger partial charge in [-0.05, 0) is 12.1 Å². The van der Waals surface area contributed by atoms with Crippen molar-refractivity contribution in [3.8, 4) is 11.5 Å². The normalized spacial score (nSPS) is 13.0. The molecule has 1 aliphatic rings. The zero-order valence-electron chi connectivity index (χ0n) is 8.86. The second-order valence-corrected chi connectivity index (χ2v) is 3.36. The van der Waals surface area contributed by atoms with Gasteiger partial charge in [0.1, 0.15) is 13.2 Å². The van der Waals surface area contributed by atoms with Gasteiger partial charge < -0.3 is 14.8 Å². The van der Waals surface area contributed by atoms with E-state index in [0.29, 0.717) is 19.8 Å². The first-order valence-corrected chi connectivity index (χ1v) is 5.09. The highest BCUT2D eigenvalue weighted by molar-refractivity contribution is 5.86. The summed E-state index contributed by atoms with van der Waals surface area (Å²) in [4.78, 5) is 11.1. The van der Waals surface area contributed by atoms with Crippen molar-refractivity contribution < 1.29 is 14.3 Å². The van der Waals surface area contributed by atoms with E-state index in [1.54, 1.807) is 0 Å². The molecule has 1 amide bonds. The lowest BCUT2D eigenvalue weighted by molar-refractivity contribution is -0.116. The Morgan fingerprint density at radius 2 is 2.25 bits per heavy atom. The van der Waals surface area contributed by atoms with Gasteiger partial charge in [0.15, 0.2) is 11.5 Å². The van der Waals surface area contributed by atoms with Crippen LogP contribution < -0.4 is 14.8 Å². The Bertz CT molecular complexity index is 415. The number of hydrogen-bond acceptors (Lipinski definition) is 3. The zero-order valence-corrected chi connectivity index (χ0v) is 8.86. The zero-order chi connectivity index (χ0) is 11.4. The molecule has 0 saturated carbocycles. The molecule has 0 spiro atoms. The summed E-state index contributed by atoms with van der Waals surface area (Å²) in [5.74, 6) is 1.25. The smallest absolute Gasteiger partial charge is 0.243 e. The highest BCUT2D eigenvalue weighted by Crippen LogP contribution is 2.33. The van der Waals surface area contributed by atoms with Crippen molar-refractivity contribution in [1.82, 2.24) is 5.32 Å². The fourth-order valence-corrected chi connectivity index (χ4v) is 1.53. The van der Waals surface area contributed by atoms with Gasteiger partial charge in [0.05, 0.1) is 0 Å². The Morgan fingerprint density at radius 1 is 1.44 bits per heavy atom. The third-order valence-corrected chi connectivity index (χ3v) is 2.29. The van der Waals surface area contributed by atoms with Crippen molar-refractivity contribution in [2.75, 3.05) is 13.2 Å². The number of amides is 1. The summed E-state index contributed by atoms with van der Waals surface area (Å²) in [6.45, 7) is 4.91. The van der Waals surface area contributed by atoms with Gasteiger partial charge in [0, 0.05) is 12.1 Å². The fourth-order valence-electron chi connectivity index (χ4n) is 1.53. The molecule has 0 radical (unpaired) electrons. The molecule has 1 aromatic carbocycles. The van der Waals surface area contributed by atoms with Crippen LogP contribution in [0.15, 0.2) is 30.9 Å². The van der Waals surface area contributed by atoms with Crippen LogP contribution in [0.25, 0.3) is 0 Å². The van der Waals surface area contributed by atoms with Crippen molar-refractivity contribution in [3.63, 3.8) is 0 Å². The van der Waals surface area contributed by atoms with Gasteiger partial charge in [-0.1, -0.05) is 18.7 Å². The first-order chi connectivity index (χ1) is 7.81. The molecule has 1 aliphatic heterocycles. The predicted molar refractivity (Wildman–Crippen MR) is 59.5 cm³/mol. The van der Waals surface area contributed by atoms with Crippen LogP contribution in [0.2, 0.25) is 0 Å². The number of carbonyl (C=O) groups is 1. The molecule has 84 valence electrons. The van der Waals surface area contributed by atoms with Crippen molar-refractivity contribution >= 4 is 5.91 Å². The van der Waals surface area contributed by atoms with Gasteiger partial charge in [0.25, 0.3) is 0 Å². The molecule has 0 saturated heterocycles. The summed E-state index contributed by atoms with van der Waals surface area (Å²) >= 11 is 0. The predicted octanol–water partition coefficient (Wildman–Crippen LogP) is 1.26. The Labute approximate surface area is 93.9 Å². The molecule has 1 heterocycles. The van der Waals surface area contributed by atoms with E-state index in [1.807, 2.05) is 18.2 Å². The van der Waals surface area contributed by atoms with Gasteiger partial charge in [-0.2, -0.15) is 0 Å². The summed E-state index contributed by atoms with van der Waals surface area (Å²) in [5, 5.41) is 2.71. The van der Waals surface area contributed by atoms with Crippen molar-refractivity contribution in [1.29, 1.82) is 0 Å². The van der Waals surface area contributed by atoms with Crippen LogP contribution in [-0.4, -0.2) is 19.1 Å². The number of ether oxygens (including phenoxy) is 2. The third-order valence-electron chi connectivity index (χ3n) is 2.29. The molecule has 4 heteroatoms. The molecule has 0 aliphatic carbocycles. The van der Waals surface area contributed by atoms with Gasteiger partial charge in [-0.25, -0.2) is 0 Å². The molecule has 1 N–H and O–H groups in total.